The van der Waals surface area contributed by atoms with Crippen LogP contribution in [0.1, 0.15) is 72.1 Å². The molecule has 0 aliphatic heterocycles. The van der Waals surface area contributed by atoms with Gasteiger partial charge >= 0.3 is 5.97 Å². The summed E-state index contributed by atoms with van der Waals surface area (Å²) < 4.78 is 5.85. The van der Waals surface area contributed by atoms with E-state index in [0.717, 1.165) is 37.0 Å². The van der Waals surface area contributed by atoms with Gasteiger partial charge in [-0.2, -0.15) is 0 Å². The van der Waals surface area contributed by atoms with Crippen molar-refractivity contribution in [2.75, 3.05) is 0 Å². The minimum atomic E-state index is -0.682. The number of rotatable bonds is 1. The number of carbonyl (C=O) groups excluding carboxylic acids is 1. The second-order valence-electron chi connectivity index (χ2n) is 9.63. The summed E-state index contributed by atoms with van der Waals surface area (Å²) in [5.41, 5.74) is -0.275. The molecular formula is C23H32O2. The minimum Gasteiger partial charge on any atom is -0.445 e. The Bertz CT molecular complexity index is 643. The first-order valence-electron chi connectivity index (χ1n) is 10.2. The molecule has 4 rings (SSSR count). The van der Waals surface area contributed by atoms with Crippen LogP contribution >= 0.6 is 0 Å². The Hall–Kier alpha value is -1.23. The average Bonchev–Trinajstić information content (AvgIpc) is 2.87. The third-order valence-corrected chi connectivity index (χ3v) is 8.88. The van der Waals surface area contributed by atoms with Crippen molar-refractivity contribution in [3.05, 3.63) is 12.2 Å². The Kier molecular flexibility index (Phi) is 3.87. The first-order valence-corrected chi connectivity index (χ1v) is 10.2. The number of hydrogen-bond donors (Lipinski definition) is 0. The maximum Gasteiger partial charge on any atom is 0.304 e. The third-order valence-electron chi connectivity index (χ3n) is 8.88. The average molecular weight is 341 g/mol. The maximum atomic E-state index is 11.8. The van der Waals surface area contributed by atoms with Crippen LogP contribution in [0.25, 0.3) is 0 Å². The molecule has 0 aromatic rings. The molecule has 0 N–H and O–H groups in total. The van der Waals surface area contributed by atoms with E-state index in [1.165, 1.54) is 39.0 Å². The number of fused-ring (bicyclic) bond motifs is 5. The van der Waals surface area contributed by atoms with Crippen molar-refractivity contribution in [2.45, 2.75) is 77.7 Å². The van der Waals surface area contributed by atoms with E-state index < -0.39 is 5.60 Å². The van der Waals surface area contributed by atoms with Gasteiger partial charge in [0.15, 0.2) is 5.60 Å². The molecule has 7 atom stereocenters. The molecule has 2 heteroatoms. The van der Waals surface area contributed by atoms with Gasteiger partial charge in [-0.25, -0.2) is 0 Å². The molecule has 3 fully saturated rings. The molecule has 0 radical (unpaired) electrons. The highest BCUT2D eigenvalue weighted by molar-refractivity contribution is 5.67. The van der Waals surface area contributed by atoms with Crippen LogP contribution in [-0.4, -0.2) is 11.6 Å². The standard InChI is InChI=1S/C23H32O2/c1-5-23(25-16(2)24)15-12-20-18-10-9-17-8-6-7-13-21(17,3)19(18)11-14-22(20,23)4/h1,6-7,17-20H,8-15H2,2-4H3/t17-,18?,19?,20?,21+,22+,23+/m1/s1. The van der Waals surface area contributed by atoms with Crippen LogP contribution in [0.3, 0.4) is 0 Å². The van der Waals surface area contributed by atoms with Crippen molar-refractivity contribution in [3.63, 3.8) is 0 Å². The molecule has 0 aromatic carbocycles. The molecule has 25 heavy (non-hydrogen) atoms. The fourth-order valence-corrected chi connectivity index (χ4v) is 7.52. The summed E-state index contributed by atoms with van der Waals surface area (Å²) in [5, 5.41) is 0. The van der Waals surface area contributed by atoms with E-state index in [-0.39, 0.29) is 11.4 Å². The van der Waals surface area contributed by atoms with Crippen molar-refractivity contribution >= 4 is 5.97 Å². The zero-order valence-corrected chi connectivity index (χ0v) is 16.0. The number of carbonyl (C=O) groups is 1. The first-order chi connectivity index (χ1) is 11.9. The Morgan fingerprint density at radius 1 is 1.12 bits per heavy atom. The number of terminal acetylenes is 1. The van der Waals surface area contributed by atoms with E-state index in [9.17, 15) is 4.79 Å². The van der Waals surface area contributed by atoms with Gasteiger partial charge < -0.3 is 4.74 Å². The first kappa shape index (κ1) is 17.2. The molecule has 0 saturated heterocycles. The molecule has 4 aliphatic carbocycles. The predicted molar refractivity (Wildman–Crippen MR) is 99.6 cm³/mol. The van der Waals surface area contributed by atoms with Crippen LogP contribution in [0.15, 0.2) is 12.2 Å². The van der Waals surface area contributed by atoms with E-state index >= 15 is 0 Å². The fourth-order valence-electron chi connectivity index (χ4n) is 7.52. The zero-order valence-electron chi connectivity index (χ0n) is 16.0. The Labute approximate surface area is 152 Å². The topological polar surface area (TPSA) is 26.3 Å². The molecule has 0 spiro atoms. The zero-order chi connectivity index (χ0) is 17.9. The highest BCUT2D eigenvalue weighted by Crippen LogP contribution is 2.68. The van der Waals surface area contributed by atoms with Crippen LogP contribution in [0.4, 0.5) is 0 Å². The molecule has 2 nitrogen and oxygen atoms in total. The maximum absolute atomic E-state index is 11.8. The molecule has 0 bridgehead atoms. The number of esters is 1. The minimum absolute atomic E-state index is 0.0533. The Morgan fingerprint density at radius 3 is 2.60 bits per heavy atom. The van der Waals surface area contributed by atoms with Crippen LogP contribution in [0, 0.1) is 46.8 Å². The second kappa shape index (κ2) is 5.63. The monoisotopic (exact) mass is 340 g/mol. The molecule has 4 aliphatic rings. The van der Waals surface area contributed by atoms with Crippen LogP contribution in [-0.2, 0) is 9.53 Å². The van der Waals surface area contributed by atoms with Crippen molar-refractivity contribution < 1.29 is 9.53 Å². The lowest BCUT2D eigenvalue weighted by atomic mass is 9.45. The SMILES string of the molecule is C#C[C@]1(OC(C)=O)CCC2C3CC[C@H]4CC=CC[C@]4(C)C3CC[C@@]21C. The van der Waals surface area contributed by atoms with E-state index in [1.807, 2.05) is 0 Å². The van der Waals surface area contributed by atoms with Gasteiger partial charge in [0.2, 0.25) is 0 Å². The quantitative estimate of drug-likeness (QED) is 0.376. The summed E-state index contributed by atoms with van der Waals surface area (Å²) in [6.45, 7) is 6.37. The molecule has 0 heterocycles. The van der Waals surface area contributed by atoms with Gasteiger partial charge in [-0.15, -0.1) is 6.42 Å². The van der Waals surface area contributed by atoms with Gasteiger partial charge in [-0.1, -0.05) is 31.9 Å². The second-order valence-corrected chi connectivity index (χ2v) is 9.63. The highest BCUT2D eigenvalue weighted by atomic mass is 16.6. The molecule has 0 amide bonds. The lowest BCUT2D eigenvalue weighted by molar-refractivity contribution is -0.172. The van der Waals surface area contributed by atoms with Crippen molar-refractivity contribution in [3.8, 4) is 12.3 Å². The smallest absolute Gasteiger partial charge is 0.304 e. The predicted octanol–water partition coefficient (Wildman–Crippen LogP) is 5.13. The Balaban J connectivity index is 1.67. The number of allylic oxidation sites excluding steroid dienone is 2. The molecule has 3 unspecified atom stereocenters. The summed E-state index contributed by atoms with van der Waals surface area (Å²) in [4.78, 5) is 11.8. The van der Waals surface area contributed by atoms with Gasteiger partial charge in [-0.3, -0.25) is 4.79 Å². The van der Waals surface area contributed by atoms with Gasteiger partial charge in [0, 0.05) is 12.3 Å². The lowest BCUT2D eigenvalue weighted by Crippen LogP contribution is -2.56. The van der Waals surface area contributed by atoms with Gasteiger partial charge in [0.25, 0.3) is 0 Å². The van der Waals surface area contributed by atoms with E-state index in [1.54, 1.807) is 0 Å². The van der Waals surface area contributed by atoms with Crippen LogP contribution in [0.2, 0.25) is 0 Å². The van der Waals surface area contributed by atoms with Gasteiger partial charge in [-0.05, 0) is 80.5 Å². The molecule has 0 aromatic heterocycles. The Morgan fingerprint density at radius 2 is 1.88 bits per heavy atom. The summed E-state index contributed by atoms with van der Waals surface area (Å²) in [6, 6.07) is 0. The normalized spacial score (nSPS) is 51.0. The molecule has 3 saturated carbocycles. The highest BCUT2D eigenvalue weighted by Gasteiger charge is 2.65. The van der Waals surface area contributed by atoms with E-state index in [0.29, 0.717) is 11.3 Å². The van der Waals surface area contributed by atoms with Crippen LogP contribution < -0.4 is 0 Å². The van der Waals surface area contributed by atoms with Crippen molar-refractivity contribution in [1.82, 2.24) is 0 Å². The summed E-state index contributed by atoms with van der Waals surface area (Å²) >= 11 is 0. The number of hydrogen-bond acceptors (Lipinski definition) is 2. The summed E-state index contributed by atoms with van der Waals surface area (Å²) in [6.07, 6.45) is 20.3. The van der Waals surface area contributed by atoms with E-state index in [2.05, 4.69) is 31.9 Å². The van der Waals surface area contributed by atoms with Crippen molar-refractivity contribution in [2.24, 2.45) is 34.5 Å². The largest absolute Gasteiger partial charge is 0.445 e. The summed E-state index contributed by atoms with van der Waals surface area (Å²) in [7, 11) is 0. The molecular weight excluding hydrogens is 308 g/mol. The van der Waals surface area contributed by atoms with Crippen molar-refractivity contribution in [1.29, 1.82) is 0 Å². The number of ether oxygens (including phenoxy) is 1. The lowest BCUT2D eigenvalue weighted by Gasteiger charge is -2.60. The fraction of sp³-hybridized carbons (Fsp3) is 0.783. The molecule has 136 valence electrons. The van der Waals surface area contributed by atoms with Gasteiger partial charge in [0.05, 0.1) is 0 Å². The summed E-state index contributed by atoms with van der Waals surface area (Å²) in [5.74, 6) is 5.74. The third kappa shape index (κ3) is 2.20. The van der Waals surface area contributed by atoms with Gasteiger partial charge in [0.1, 0.15) is 0 Å². The van der Waals surface area contributed by atoms with Crippen LogP contribution in [0.5, 0.6) is 0 Å². The van der Waals surface area contributed by atoms with E-state index in [4.69, 9.17) is 11.2 Å².